The van der Waals surface area contributed by atoms with E-state index in [1.165, 1.54) is 0 Å². The van der Waals surface area contributed by atoms with Crippen molar-refractivity contribution in [3.63, 3.8) is 0 Å². The number of carbonyl (C=O) groups is 4. The van der Waals surface area contributed by atoms with Crippen LogP contribution in [0.5, 0.6) is 0 Å². The standard InChI is InChI=1S/C12H22N4O8/c13-5-6-16(14-7(11(21)22)1-3-9(17)18)15-8(12(23)24)2-4-10(19)20/h7-8,14-15H,1-6,13H2,(H,17,18)(H,19,20)(H,21,22)(H,23,24)/t7-,8-/m0/s1. The molecule has 0 aromatic rings. The molecule has 0 aromatic carbocycles. The lowest BCUT2D eigenvalue weighted by atomic mass is 10.1. The fraction of sp³-hybridized carbons (Fsp3) is 0.667. The highest BCUT2D eigenvalue weighted by atomic mass is 16.4. The van der Waals surface area contributed by atoms with Crippen LogP contribution in [-0.4, -0.2) is 74.6 Å². The van der Waals surface area contributed by atoms with Crippen LogP contribution in [0.15, 0.2) is 0 Å². The summed E-state index contributed by atoms with van der Waals surface area (Å²) in [5.74, 6) is -4.99. The van der Waals surface area contributed by atoms with E-state index in [-0.39, 0.29) is 25.9 Å². The maximum atomic E-state index is 11.2. The minimum Gasteiger partial charge on any atom is -0.481 e. The molecule has 0 fully saturated rings. The van der Waals surface area contributed by atoms with Crippen molar-refractivity contribution in [1.29, 1.82) is 0 Å². The molecule has 0 aliphatic carbocycles. The van der Waals surface area contributed by atoms with Gasteiger partial charge in [-0.05, 0) is 12.8 Å². The molecule has 2 atom stereocenters. The summed E-state index contributed by atoms with van der Waals surface area (Å²) in [5, 5.41) is 36.4. The van der Waals surface area contributed by atoms with Crippen molar-refractivity contribution in [3.8, 4) is 0 Å². The molecule has 12 heteroatoms. The van der Waals surface area contributed by atoms with Crippen LogP contribution in [-0.2, 0) is 19.2 Å². The summed E-state index contributed by atoms with van der Waals surface area (Å²) in [6, 6.07) is -2.57. The number of aliphatic carboxylic acids is 4. The van der Waals surface area contributed by atoms with Crippen LogP contribution in [0, 0.1) is 0 Å². The second-order valence-electron chi connectivity index (χ2n) is 4.84. The van der Waals surface area contributed by atoms with Gasteiger partial charge in [-0.3, -0.25) is 19.2 Å². The van der Waals surface area contributed by atoms with Gasteiger partial charge in [-0.2, -0.15) is 5.12 Å². The van der Waals surface area contributed by atoms with Gasteiger partial charge in [-0.25, -0.2) is 10.9 Å². The Morgan fingerprint density at radius 2 is 1.21 bits per heavy atom. The number of hydrogen-bond donors (Lipinski definition) is 7. The Hall–Kier alpha value is -2.28. The van der Waals surface area contributed by atoms with E-state index in [1.54, 1.807) is 0 Å². The van der Waals surface area contributed by atoms with E-state index in [0.717, 1.165) is 5.12 Å². The average molecular weight is 350 g/mol. The molecule has 0 unspecified atom stereocenters. The number of nitrogens with one attached hydrogen (secondary N) is 2. The maximum absolute atomic E-state index is 11.2. The first-order valence-electron chi connectivity index (χ1n) is 7.06. The lowest BCUT2D eigenvalue weighted by Crippen LogP contribution is -2.60. The number of nitrogens with zero attached hydrogens (tertiary/aromatic N) is 1. The van der Waals surface area contributed by atoms with E-state index in [9.17, 15) is 19.2 Å². The van der Waals surface area contributed by atoms with E-state index in [2.05, 4.69) is 10.9 Å². The predicted molar refractivity (Wildman–Crippen MR) is 78.6 cm³/mol. The number of hydrazine groups is 2. The molecular formula is C12H22N4O8. The van der Waals surface area contributed by atoms with Gasteiger partial charge in [0.1, 0.15) is 12.1 Å². The number of carboxylic acid groups (broad SMARTS) is 4. The molecule has 138 valence electrons. The fourth-order valence-electron chi connectivity index (χ4n) is 1.69. The van der Waals surface area contributed by atoms with Crippen LogP contribution >= 0.6 is 0 Å². The predicted octanol–water partition coefficient (Wildman–Crippen LogP) is -2.11. The van der Waals surface area contributed by atoms with Crippen molar-refractivity contribution < 1.29 is 39.6 Å². The first kappa shape index (κ1) is 21.7. The number of nitrogens with two attached hydrogens (primary N) is 1. The lowest BCUT2D eigenvalue weighted by Gasteiger charge is -2.29. The minimum absolute atomic E-state index is 0.00764. The van der Waals surface area contributed by atoms with Gasteiger partial charge < -0.3 is 26.2 Å². The van der Waals surface area contributed by atoms with Crippen molar-refractivity contribution in [1.82, 2.24) is 16.0 Å². The smallest absolute Gasteiger partial charge is 0.322 e. The summed E-state index contributed by atoms with van der Waals surface area (Å²) in [6.07, 6.45) is -1.27. The molecule has 0 spiro atoms. The Kier molecular flexibility index (Phi) is 10.2. The monoisotopic (exact) mass is 350 g/mol. The second kappa shape index (κ2) is 11.3. The maximum Gasteiger partial charge on any atom is 0.322 e. The zero-order chi connectivity index (χ0) is 18.7. The minimum atomic E-state index is -1.32. The third-order valence-electron chi connectivity index (χ3n) is 2.87. The molecule has 0 aliphatic rings. The van der Waals surface area contributed by atoms with E-state index < -0.39 is 48.8 Å². The van der Waals surface area contributed by atoms with Gasteiger partial charge in [0.25, 0.3) is 0 Å². The number of carboxylic acids is 4. The highest BCUT2D eigenvalue weighted by molar-refractivity contribution is 5.75. The van der Waals surface area contributed by atoms with Crippen LogP contribution < -0.4 is 16.6 Å². The largest absolute Gasteiger partial charge is 0.481 e. The number of hydrogen-bond acceptors (Lipinski definition) is 8. The van der Waals surface area contributed by atoms with Crippen molar-refractivity contribution in [2.24, 2.45) is 5.73 Å². The zero-order valence-electron chi connectivity index (χ0n) is 12.8. The van der Waals surface area contributed by atoms with Gasteiger partial charge in [0.05, 0.1) is 0 Å². The van der Waals surface area contributed by atoms with E-state index in [1.807, 2.05) is 0 Å². The van der Waals surface area contributed by atoms with Crippen LogP contribution in [0.1, 0.15) is 25.7 Å². The van der Waals surface area contributed by atoms with Crippen LogP contribution in [0.4, 0.5) is 0 Å². The third kappa shape index (κ3) is 9.68. The zero-order valence-corrected chi connectivity index (χ0v) is 12.8. The molecule has 0 rings (SSSR count). The van der Waals surface area contributed by atoms with E-state index in [4.69, 9.17) is 26.2 Å². The molecule has 8 N–H and O–H groups in total. The van der Waals surface area contributed by atoms with Gasteiger partial charge in [0.2, 0.25) is 0 Å². The Labute approximate surface area is 137 Å². The first-order valence-corrected chi connectivity index (χ1v) is 7.06. The van der Waals surface area contributed by atoms with Gasteiger partial charge in [-0.1, -0.05) is 0 Å². The summed E-state index contributed by atoms with van der Waals surface area (Å²) in [7, 11) is 0. The van der Waals surface area contributed by atoms with Gasteiger partial charge in [0, 0.05) is 25.9 Å². The molecule has 0 heterocycles. The topological polar surface area (TPSA) is 203 Å². The summed E-state index contributed by atoms with van der Waals surface area (Å²) in [4.78, 5) is 43.4. The van der Waals surface area contributed by atoms with Crippen LogP contribution in [0.3, 0.4) is 0 Å². The molecule has 0 amide bonds. The van der Waals surface area contributed by atoms with Gasteiger partial charge >= 0.3 is 23.9 Å². The van der Waals surface area contributed by atoms with Gasteiger partial charge in [-0.15, -0.1) is 0 Å². The molecule has 0 aromatic heterocycles. The summed E-state index contributed by atoms with van der Waals surface area (Å²) < 4.78 is 0. The molecular weight excluding hydrogens is 328 g/mol. The molecule has 12 nitrogen and oxygen atoms in total. The molecule has 0 bridgehead atoms. The quantitative estimate of drug-likeness (QED) is 0.168. The van der Waals surface area contributed by atoms with E-state index >= 15 is 0 Å². The van der Waals surface area contributed by atoms with E-state index in [0.29, 0.717) is 0 Å². The molecule has 0 radical (unpaired) electrons. The fourth-order valence-corrected chi connectivity index (χ4v) is 1.69. The highest BCUT2D eigenvalue weighted by Crippen LogP contribution is 2.02. The lowest BCUT2D eigenvalue weighted by molar-refractivity contribution is -0.144. The summed E-state index contributed by atoms with van der Waals surface area (Å²) in [5.41, 5.74) is 10.3. The first-order chi connectivity index (χ1) is 11.2. The molecule has 0 saturated carbocycles. The Morgan fingerprint density at radius 3 is 1.46 bits per heavy atom. The van der Waals surface area contributed by atoms with Crippen LogP contribution in [0.25, 0.3) is 0 Å². The SMILES string of the molecule is NCCN(N[C@@H](CCC(=O)O)C(=O)O)N[C@@H](CCC(=O)O)C(=O)O. The van der Waals surface area contributed by atoms with Crippen molar-refractivity contribution in [2.75, 3.05) is 13.1 Å². The summed E-state index contributed by atoms with van der Waals surface area (Å²) >= 11 is 0. The molecule has 0 aliphatic heterocycles. The molecule has 24 heavy (non-hydrogen) atoms. The molecule has 0 saturated heterocycles. The van der Waals surface area contributed by atoms with Crippen molar-refractivity contribution in [3.05, 3.63) is 0 Å². The average Bonchev–Trinajstić information content (AvgIpc) is 2.46. The van der Waals surface area contributed by atoms with Gasteiger partial charge in [0.15, 0.2) is 0 Å². The third-order valence-corrected chi connectivity index (χ3v) is 2.87. The summed E-state index contributed by atoms with van der Waals surface area (Å²) in [6.45, 7) is 0.0459. The Morgan fingerprint density at radius 1 is 0.833 bits per heavy atom. The normalized spacial score (nSPS) is 13.4. The number of rotatable bonds is 14. The van der Waals surface area contributed by atoms with Crippen molar-refractivity contribution in [2.45, 2.75) is 37.8 Å². The van der Waals surface area contributed by atoms with Crippen molar-refractivity contribution >= 4 is 23.9 Å². The Bertz CT molecular complexity index is 420. The second-order valence-corrected chi connectivity index (χ2v) is 4.84. The highest BCUT2D eigenvalue weighted by Gasteiger charge is 2.25. The van der Waals surface area contributed by atoms with Crippen LogP contribution in [0.2, 0.25) is 0 Å². The Balaban J connectivity index is 4.88.